The monoisotopic (exact) mass is 336 g/mol. The maximum atomic E-state index is 11.0. The van der Waals surface area contributed by atoms with Crippen molar-refractivity contribution >= 4 is 29.0 Å². The summed E-state index contributed by atoms with van der Waals surface area (Å²) in [5.41, 5.74) is 13.7. The molecular weight excluding hydrogens is 320 g/mol. The molecule has 0 fully saturated rings. The van der Waals surface area contributed by atoms with E-state index in [2.05, 4.69) is 9.97 Å². The number of carbonyl (C=O) groups excluding carboxylic acids is 1. The summed E-state index contributed by atoms with van der Waals surface area (Å²) in [7, 11) is 0. The molecule has 4 rings (SSSR count). The van der Waals surface area contributed by atoms with E-state index >= 15 is 0 Å². The highest BCUT2D eigenvalue weighted by Gasteiger charge is 2.29. The Morgan fingerprint density at radius 3 is 2.92 bits per heavy atom. The van der Waals surface area contributed by atoms with Crippen LogP contribution in [0, 0.1) is 0 Å². The number of aldehydes is 1. The van der Waals surface area contributed by atoms with Gasteiger partial charge in [0.2, 0.25) is 5.95 Å². The molecule has 0 amide bonds. The standard InChI is InChI=1S/C18H16N4O3/c1-9-8-24-16-14(9)13(25-11-4-2-3-10(5-11)7-23)6-12-15(16)17(19)22-18(20)21-12/h2-7,9H,8H2,1H3,(H4,19,20,21,22). The number of carbonyl (C=O) groups is 1. The summed E-state index contributed by atoms with van der Waals surface area (Å²) in [6, 6.07) is 8.71. The quantitative estimate of drug-likeness (QED) is 0.707. The fourth-order valence-corrected chi connectivity index (χ4v) is 3.07. The van der Waals surface area contributed by atoms with Crippen LogP contribution in [0.4, 0.5) is 11.8 Å². The second kappa shape index (κ2) is 5.62. The number of nitrogens with zero attached hydrogens (tertiary/aromatic N) is 2. The molecule has 1 atom stereocenters. The van der Waals surface area contributed by atoms with Crippen LogP contribution in [-0.2, 0) is 0 Å². The van der Waals surface area contributed by atoms with Crippen LogP contribution in [0.25, 0.3) is 10.9 Å². The SMILES string of the molecule is CC1COc2c1c(Oc1cccc(C=O)c1)cc1nc(N)nc(N)c21. The summed E-state index contributed by atoms with van der Waals surface area (Å²) >= 11 is 0. The molecule has 0 aliphatic carbocycles. The second-order valence-corrected chi connectivity index (χ2v) is 5.98. The zero-order valence-corrected chi connectivity index (χ0v) is 13.5. The first-order valence-electron chi connectivity index (χ1n) is 7.82. The van der Waals surface area contributed by atoms with Gasteiger partial charge in [0.05, 0.1) is 17.5 Å². The van der Waals surface area contributed by atoms with Gasteiger partial charge in [0.25, 0.3) is 0 Å². The van der Waals surface area contributed by atoms with Crippen molar-refractivity contribution in [1.82, 2.24) is 9.97 Å². The first kappa shape index (κ1) is 15.2. The molecular formula is C18H16N4O3. The molecule has 2 aromatic carbocycles. The van der Waals surface area contributed by atoms with Crippen LogP contribution >= 0.6 is 0 Å². The molecule has 7 nitrogen and oxygen atoms in total. The van der Waals surface area contributed by atoms with Gasteiger partial charge in [-0.3, -0.25) is 4.79 Å². The highest BCUT2D eigenvalue weighted by Crippen LogP contribution is 2.47. The molecule has 0 saturated carbocycles. The van der Waals surface area contributed by atoms with Crippen LogP contribution in [0.5, 0.6) is 17.2 Å². The minimum Gasteiger partial charge on any atom is -0.492 e. The third-order valence-electron chi connectivity index (χ3n) is 4.18. The first-order chi connectivity index (χ1) is 12.1. The Labute approximate surface area is 143 Å². The van der Waals surface area contributed by atoms with E-state index < -0.39 is 0 Å². The molecule has 126 valence electrons. The lowest BCUT2D eigenvalue weighted by atomic mass is 9.99. The van der Waals surface area contributed by atoms with Crippen molar-refractivity contribution in [2.45, 2.75) is 12.8 Å². The van der Waals surface area contributed by atoms with Crippen molar-refractivity contribution in [2.75, 3.05) is 18.1 Å². The smallest absolute Gasteiger partial charge is 0.222 e. The second-order valence-electron chi connectivity index (χ2n) is 5.98. The Hall–Kier alpha value is -3.35. The lowest BCUT2D eigenvalue weighted by Crippen LogP contribution is -2.02. The van der Waals surface area contributed by atoms with Crippen LogP contribution in [0.3, 0.4) is 0 Å². The van der Waals surface area contributed by atoms with E-state index in [4.69, 9.17) is 20.9 Å². The van der Waals surface area contributed by atoms with Gasteiger partial charge in [-0.15, -0.1) is 0 Å². The maximum Gasteiger partial charge on any atom is 0.222 e. The maximum absolute atomic E-state index is 11.0. The van der Waals surface area contributed by atoms with Crippen LogP contribution in [0.2, 0.25) is 0 Å². The van der Waals surface area contributed by atoms with E-state index in [0.29, 0.717) is 40.3 Å². The highest BCUT2D eigenvalue weighted by molar-refractivity contribution is 5.97. The lowest BCUT2D eigenvalue weighted by Gasteiger charge is -2.14. The summed E-state index contributed by atoms with van der Waals surface area (Å²) in [4.78, 5) is 19.3. The molecule has 7 heteroatoms. The molecule has 2 heterocycles. The number of ether oxygens (including phenoxy) is 2. The molecule has 25 heavy (non-hydrogen) atoms. The zero-order valence-electron chi connectivity index (χ0n) is 13.5. The lowest BCUT2D eigenvalue weighted by molar-refractivity contribution is 0.112. The molecule has 1 aliphatic heterocycles. The van der Waals surface area contributed by atoms with Gasteiger partial charge in [-0.05, 0) is 12.1 Å². The number of anilines is 2. The molecule has 0 bridgehead atoms. The van der Waals surface area contributed by atoms with Crippen LogP contribution in [0.1, 0.15) is 28.8 Å². The van der Waals surface area contributed by atoms with Crippen molar-refractivity contribution in [2.24, 2.45) is 0 Å². The Morgan fingerprint density at radius 1 is 1.28 bits per heavy atom. The predicted molar refractivity (Wildman–Crippen MR) is 94.2 cm³/mol. The van der Waals surface area contributed by atoms with Gasteiger partial charge in [-0.1, -0.05) is 19.1 Å². The van der Waals surface area contributed by atoms with Crippen molar-refractivity contribution in [3.8, 4) is 17.2 Å². The Morgan fingerprint density at radius 2 is 2.12 bits per heavy atom. The first-order valence-corrected chi connectivity index (χ1v) is 7.82. The molecule has 0 radical (unpaired) electrons. The van der Waals surface area contributed by atoms with Crippen molar-refractivity contribution in [1.29, 1.82) is 0 Å². The normalized spacial score (nSPS) is 15.6. The van der Waals surface area contributed by atoms with Gasteiger partial charge in [0.15, 0.2) is 0 Å². The van der Waals surface area contributed by atoms with Crippen molar-refractivity contribution in [3.05, 3.63) is 41.5 Å². The average Bonchev–Trinajstić information content (AvgIpc) is 2.96. The van der Waals surface area contributed by atoms with E-state index in [1.807, 2.05) is 6.92 Å². The van der Waals surface area contributed by atoms with E-state index in [0.717, 1.165) is 11.8 Å². The molecule has 3 aromatic rings. The molecule has 4 N–H and O–H groups in total. The number of rotatable bonds is 3. The fraction of sp³-hybridized carbons (Fsp3) is 0.167. The zero-order chi connectivity index (χ0) is 17.6. The summed E-state index contributed by atoms with van der Waals surface area (Å²) in [5, 5.41) is 0.641. The van der Waals surface area contributed by atoms with Crippen LogP contribution in [-0.4, -0.2) is 22.9 Å². The largest absolute Gasteiger partial charge is 0.492 e. The van der Waals surface area contributed by atoms with E-state index in [1.165, 1.54) is 0 Å². The Bertz CT molecular complexity index is 1000. The molecule has 1 aliphatic rings. The molecule has 1 aromatic heterocycles. The van der Waals surface area contributed by atoms with Gasteiger partial charge in [-0.25, -0.2) is 4.98 Å². The minimum atomic E-state index is 0.0879. The van der Waals surface area contributed by atoms with Gasteiger partial charge < -0.3 is 20.9 Å². The van der Waals surface area contributed by atoms with Gasteiger partial charge in [0.1, 0.15) is 29.4 Å². The van der Waals surface area contributed by atoms with E-state index in [-0.39, 0.29) is 17.7 Å². The highest BCUT2D eigenvalue weighted by atomic mass is 16.5. The van der Waals surface area contributed by atoms with Gasteiger partial charge in [-0.2, -0.15) is 4.98 Å². The number of benzene rings is 2. The minimum absolute atomic E-state index is 0.0879. The average molecular weight is 336 g/mol. The summed E-state index contributed by atoms with van der Waals surface area (Å²) < 4.78 is 11.9. The Balaban J connectivity index is 1.91. The Kier molecular flexibility index (Phi) is 3.42. The van der Waals surface area contributed by atoms with E-state index in [9.17, 15) is 4.79 Å². The fourth-order valence-electron chi connectivity index (χ4n) is 3.07. The number of fused-ring (bicyclic) bond motifs is 3. The van der Waals surface area contributed by atoms with Crippen LogP contribution in [0.15, 0.2) is 30.3 Å². The molecule has 0 spiro atoms. The number of hydrogen-bond donors (Lipinski definition) is 2. The predicted octanol–water partition coefficient (Wildman–Crippen LogP) is 2.89. The number of hydrogen-bond acceptors (Lipinski definition) is 7. The third kappa shape index (κ3) is 2.50. The van der Waals surface area contributed by atoms with Gasteiger partial charge in [0, 0.05) is 23.1 Å². The van der Waals surface area contributed by atoms with Crippen LogP contribution < -0.4 is 20.9 Å². The van der Waals surface area contributed by atoms with Crippen molar-refractivity contribution < 1.29 is 14.3 Å². The van der Waals surface area contributed by atoms with Crippen molar-refractivity contribution in [3.63, 3.8) is 0 Å². The van der Waals surface area contributed by atoms with Gasteiger partial charge >= 0.3 is 0 Å². The molecule has 1 unspecified atom stereocenters. The molecule has 0 saturated heterocycles. The summed E-state index contributed by atoms with van der Waals surface area (Å²) in [6.45, 7) is 2.56. The third-order valence-corrected chi connectivity index (χ3v) is 4.18. The summed E-state index contributed by atoms with van der Waals surface area (Å²) in [6.07, 6.45) is 0.776. The number of nitrogens with two attached hydrogens (primary N) is 2. The number of aromatic nitrogens is 2. The topological polar surface area (TPSA) is 113 Å². The summed E-state index contributed by atoms with van der Waals surface area (Å²) in [5.74, 6) is 2.28. The number of nitrogen functional groups attached to an aromatic ring is 2. The van der Waals surface area contributed by atoms with E-state index in [1.54, 1.807) is 30.3 Å².